The van der Waals surface area contributed by atoms with Gasteiger partial charge >= 0.3 is 13.8 Å². The Morgan fingerprint density at radius 1 is 0.587 bits per heavy atom. The molecule has 0 aromatic rings. The predicted molar refractivity (Wildman–Crippen MR) is 188 cm³/mol. The summed E-state index contributed by atoms with van der Waals surface area (Å²) in [5.41, 5.74) is 0. The van der Waals surface area contributed by atoms with Crippen molar-refractivity contribution in [3.63, 3.8) is 0 Å². The van der Waals surface area contributed by atoms with Gasteiger partial charge in [-0.05, 0) is 12.8 Å². The molecule has 0 aliphatic carbocycles. The summed E-state index contributed by atoms with van der Waals surface area (Å²) >= 11 is 0. The van der Waals surface area contributed by atoms with Gasteiger partial charge in [0.1, 0.15) is 12.7 Å². The lowest BCUT2D eigenvalue weighted by Gasteiger charge is -2.15. The Balaban J connectivity index is 3.41. The molecule has 0 saturated heterocycles. The van der Waals surface area contributed by atoms with Gasteiger partial charge in [0, 0.05) is 19.4 Å². The highest BCUT2D eigenvalue weighted by atomic mass is 31.2. The van der Waals surface area contributed by atoms with E-state index in [4.69, 9.17) is 13.8 Å². The summed E-state index contributed by atoms with van der Waals surface area (Å²) in [6.45, 7) is 3.29. The normalized spacial score (nSPS) is 13.4. The van der Waals surface area contributed by atoms with E-state index in [2.05, 4.69) is 12.2 Å². The highest BCUT2D eigenvalue weighted by molar-refractivity contribution is 7.47. The first-order valence-corrected chi connectivity index (χ1v) is 20.5. The van der Waals surface area contributed by atoms with Crippen molar-refractivity contribution in [2.45, 2.75) is 193 Å². The Morgan fingerprint density at radius 3 is 1.43 bits per heavy atom. The number of hydrogen-bond acceptors (Lipinski definition) is 7. The molecule has 2 atom stereocenters. The third kappa shape index (κ3) is 34.3. The number of carbonyl (C=O) groups excluding carboxylic acids is 2. The van der Waals surface area contributed by atoms with Crippen LogP contribution in [0.1, 0.15) is 187 Å². The minimum absolute atomic E-state index is 0.0870. The maximum absolute atomic E-state index is 12.0. The van der Waals surface area contributed by atoms with Gasteiger partial charge in [0.15, 0.2) is 0 Å². The quantitative estimate of drug-likeness (QED) is 0.0339. The van der Waals surface area contributed by atoms with Crippen LogP contribution in [0, 0.1) is 0 Å². The van der Waals surface area contributed by atoms with Gasteiger partial charge in [-0.2, -0.15) is 0 Å². The zero-order valence-electron chi connectivity index (χ0n) is 29.8. The number of amides is 1. The Bertz CT molecular complexity index is 739. The smallest absolute Gasteiger partial charge is 0.463 e. The molecule has 0 rings (SSSR count). The standard InChI is InChI=1S/C36H72NO8P/c1-3-5-7-8-9-10-11-12-13-14-15-16-17-18-19-20-21-22-23-24-25-26-27-28-35(39)37-30-31-44-46(41,42)45-33-34(38)32-43-36(40)29-6-4-2/h34,38H,3-33H2,1-2H3,(H,37,39)(H,41,42). The number of carbonyl (C=O) groups is 2. The van der Waals surface area contributed by atoms with Crippen LogP contribution in [0.15, 0.2) is 0 Å². The van der Waals surface area contributed by atoms with E-state index in [1.54, 1.807) is 0 Å². The molecule has 10 heteroatoms. The molecule has 0 aliphatic heterocycles. The minimum Gasteiger partial charge on any atom is -0.463 e. The largest absolute Gasteiger partial charge is 0.472 e. The number of hydrogen-bond donors (Lipinski definition) is 3. The molecule has 1 amide bonds. The summed E-state index contributed by atoms with van der Waals surface area (Å²) in [5, 5.41) is 12.4. The number of phosphoric acid groups is 1. The monoisotopic (exact) mass is 677 g/mol. The lowest BCUT2D eigenvalue weighted by atomic mass is 10.0. The summed E-state index contributed by atoms with van der Waals surface area (Å²) in [6.07, 6.45) is 31.7. The van der Waals surface area contributed by atoms with Crippen molar-refractivity contribution in [3.05, 3.63) is 0 Å². The molecule has 0 bridgehead atoms. The van der Waals surface area contributed by atoms with Crippen molar-refractivity contribution < 1.29 is 37.9 Å². The van der Waals surface area contributed by atoms with Crippen LogP contribution in [0.25, 0.3) is 0 Å². The topological polar surface area (TPSA) is 131 Å². The van der Waals surface area contributed by atoms with Crippen molar-refractivity contribution in [2.24, 2.45) is 0 Å². The van der Waals surface area contributed by atoms with Crippen molar-refractivity contribution >= 4 is 19.7 Å². The molecular formula is C36H72NO8P. The van der Waals surface area contributed by atoms with Gasteiger partial charge < -0.3 is 20.1 Å². The molecule has 2 unspecified atom stereocenters. The Kier molecular flexibility index (Phi) is 33.2. The predicted octanol–water partition coefficient (Wildman–Crippen LogP) is 9.71. The van der Waals surface area contributed by atoms with Crippen LogP contribution in [-0.2, 0) is 27.9 Å². The van der Waals surface area contributed by atoms with Crippen LogP contribution in [-0.4, -0.2) is 54.3 Å². The Morgan fingerprint density at radius 2 is 1.00 bits per heavy atom. The lowest BCUT2D eigenvalue weighted by molar-refractivity contribution is -0.147. The van der Waals surface area contributed by atoms with E-state index in [1.165, 1.54) is 128 Å². The zero-order chi connectivity index (χ0) is 34.0. The van der Waals surface area contributed by atoms with Crippen molar-refractivity contribution in [1.29, 1.82) is 0 Å². The molecule has 9 nitrogen and oxygen atoms in total. The maximum atomic E-state index is 12.0. The van der Waals surface area contributed by atoms with Gasteiger partial charge in [0.25, 0.3) is 0 Å². The molecule has 0 heterocycles. The number of esters is 1. The van der Waals surface area contributed by atoms with Gasteiger partial charge in [-0.25, -0.2) is 4.57 Å². The van der Waals surface area contributed by atoms with Crippen LogP contribution in [0.3, 0.4) is 0 Å². The molecule has 0 aliphatic rings. The first kappa shape index (κ1) is 45.0. The molecule has 0 fully saturated rings. The minimum atomic E-state index is -4.38. The molecule has 0 saturated carbocycles. The van der Waals surface area contributed by atoms with Gasteiger partial charge in [-0.15, -0.1) is 0 Å². The van der Waals surface area contributed by atoms with Crippen molar-refractivity contribution in [3.8, 4) is 0 Å². The summed E-state index contributed by atoms with van der Waals surface area (Å²) < 4.78 is 26.3. The average molecular weight is 678 g/mol. The summed E-state index contributed by atoms with van der Waals surface area (Å²) in [7, 11) is -4.38. The second kappa shape index (κ2) is 33.9. The van der Waals surface area contributed by atoms with E-state index in [1.807, 2.05) is 6.92 Å². The highest BCUT2D eigenvalue weighted by Gasteiger charge is 2.23. The molecule has 274 valence electrons. The van der Waals surface area contributed by atoms with E-state index in [0.717, 1.165) is 25.7 Å². The van der Waals surface area contributed by atoms with E-state index in [0.29, 0.717) is 12.8 Å². The SMILES string of the molecule is CCCCCCCCCCCCCCCCCCCCCCCCCC(=O)NCCOP(=O)(O)OCC(O)COC(=O)CCCC. The van der Waals surface area contributed by atoms with Gasteiger partial charge in [0.05, 0.1) is 13.2 Å². The van der Waals surface area contributed by atoms with Crippen LogP contribution in [0.4, 0.5) is 0 Å². The number of phosphoric ester groups is 1. The molecule has 3 N–H and O–H groups in total. The number of nitrogens with one attached hydrogen (secondary N) is 1. The second-order valence-corrected chi connectivity index (χ2v) is 14.4. The van der Waals surface area contributed by atoms with Crippen LogP contribution >= 0.6 is 7.82 Å². The summed E-state index contributed by atoms with van der Waals surface area (Å²) in [5.74, 6) is -0.544. The Hall–Kier alpha value is -0.990. The molecule has 0 aromatic heterocycles. The number of aliphatic hydroxyl groups is 1. The maximum Gasteiger partial charge on any atom is 0.472 e. The number of rotatable bonds is 36. The summed E-state index contributed by atoms with van der Waals surface area (Å²) in [4.78, 5) is 33.1. The molecule has 0 aromatic carbocycles. The zero-order valence-corrected chi connectivity index (χ0v) is 30.7. The third-order valence-corrected chi connectivity index (χ3v) is 9.27. The van der Waals surface area contributed by atoms with Gasteiger partial charge in [0.2, 0.25) is 5.91 Å². The highest BCUT2D eigenvalue weighted by Crippen LogP contribution is 2.42. The Labute approximate surface area is 282 Å². The molecule has 0 radical (unpaired) electrons. The van der Waals surface area contributed by atoms with E-state index < -0.39 is 26.5 Å². The van der Waals surface area contributed by atoms with Crippen LogP contribution < -0.4 is 5.32 Å². The first-order chi connectivity index (χ1) is 22.3. The molecular weight excluding hydrogens is 605 g/mol. The van der Waals surface area contributed by atoms with E-state index in [-0.39, 0.29) is 32.1 Å². The van der Waals surface area contributed by atoms with Crippen molar-refractivity contribution in [2.75, 3.05) is 26.4 Å². The average Bonchev–Trinajstić information content (AvgIpc) is 3.04. The number of ether oxygens (including phenoxy) is 1. The number of aliphatic hydroxyl groups excluding tert-OH is 1. The third-order valence-electron chi connectivity index (χ3n) is 8.29. The van der Waals surface area contributed by atoms with Gasteiger partial charge in [-0.3, -0.25) is 18.6 Å². The van der Waals surface area contributed by atoms with E-state index >= 15 is 0 Å². The molecule has 46 heavy (non-hydrogen) atoms. The van der Waals surface area contributed by atoms with Crippen LogP contribution in [0.2, 0.25) is 0 Å². The molecule has 0 spiro atoms. The first-order valence-electron chi connectivity index (χ1n) is 19.0. The van der Waals surface area contributed by atoms with Crippen molar-refractivity contribution in [1.82, 2.24) is 5.32 Å². The second-order valence-electron chi connectivity index (χ2n) is 12.9. The van der Waals surface area contributed by atoms with Gasteiger partial charge in [-0.1, -0.05) is 162 Å². The lowest BCUT2D eigenvalue weighted by Crippen LogP contribution is -2.27. The fourth-order valence-corrected chi connectivity index (χ4v) is 6.12. The number of unbranched alkanes of at least 4 members (excludes halogenated alkanes) is 23. The fourth-order valence-electron chi connectivity index (χ4n) is 5.36. The van der Waals surface area contributed by atoms with E-state index in [9.17, 15) is 24.2 Å². The fraction of sp³-hybridized carbons (Fsp3) is 0.944. The van der Waals surface area contributed by atoms with Crippen LogP contribution in [0.5, 0.6) is 0 Å². The summed E-state index contributed by atoms with van der Waals surface area (Å²) in [6, 6.07) is 0.